The number of allylic oxidation sites excluding steroid dienone is 1. The Morgan fingerprint density at radius 2 is 1.47 bits per heavy atom. The summed E-state index contributed by atoms with van der Waals surface area (Å²) in [4.78, 5) is 0. The Kier molecular flexibility index (Phi) is 10.1. The van der Waals surface area contributed by atoms with E-state index in [0.29, 0.717) is 24.9 Å². The van der Waals surface area contributed by atoms with E-state index in [-0.39, 0.29) is 45.7 Å². The van der Waals surface area contributed by atoms with Gasteiger partial charge < -0.3 is 64.2 Å². The molecule has 4 aliphatic heterocycles. The highest BCUT2D eigenvalue weighted by molar-refractivity contribution is 5.27. The average Bonchev–Trinajstić information content (AvgIpc) is 3.63. The summed E-state index contributed by atoms with van der Waals surface area (Å²) in [5.41, 5.74) is -0.286. The summed E-state index contributed by atoms with van der Waals surface area (Å²) < 4.78 is 39.5. The fraction of sp³-hybridized carbons (Fsp3) is 0.952. The molecule has 4 saturated carbocycles. The van der Waals surface area contributed by atoms with Crippen molar-refractivity contribution >= 4 is 0 Å². The summed E-state index contributed by atoms with van der Waals surface area (Å²) in [5.74, 6) is -0.108. The molecule has 13 heteroatoms. The minimum Gasteiger partial charge on any atom is -0.394 e. The first kappa shape index (κ1) is 41.0. The molecule has 13 nitrogen and oxygen atoms in total. The smallest absolute Gasteiger partial charge is 0.187 e. The molecule has 8 aliphatic rings. The molecule has 0 amide bonds. The Morgan fingerprint density at radius 3 is 2.16 bits per heavy atom. The zero-order valence-corrected chi connectivity index (χ0v) is 34.0. The molecule has 7 N–H and O–H groups in total. The minimum atomic E-state index is -1.48. The Morgan fingerprint density at radius 1 is 0.782 bits per heavy atom. The minimum absolute atomic E-state index is 0.0204. The lowest BCUT2D eigenvalue weighted by molar-refractivity contribution is -0.384. The standard InChI is InChI=1S/C42H68O13/c1-20(2)15-22-16-40(8,55-36-33(49)30(46)28(44)21(3)51-36)34-23-9-10-26-38(6)13-12-27(53-35-32(48)31(47)29(45)24(17-43)52-35)37(4,5)25(38)11-14-39(26,7)41(23)18-42(34,54-22)50-19-41/h15,21-36,43-49H,9-14,16-19H2,1-8H3/t21-,22-,23+,24+,25-,26+,27-,28-,29+,30+,31-,32+,33+,34-,35-,36-,38-,39+,40-,41-,42-/m0/s1. The number of hydrogen-bond acceptors (Lipinski definition) is 13. The number of hydrogen-bond donors (Lipinski definition) is 7. The van der Waals surface area contributed by atoms with Crippen molar-refractivity contribution in [2.45, 2.75) is 192 Å². The molecule has 21 atom stereocenters. The average molecular weight is 781 g/mol. The monoisotopic (exact) mass is 780 g/mol. The molecular weight excluding hydrogens is 712 g/mol. The lowest BCUT2D eigenvalue weighted by Crippen LogP contribution is -2.68. The van der Waals surface area contributed by atoms with Crippen LogP contribution in [-0.4, -0.2) is 134 Å². The van der Waals surface area contributed by atoms with Gasteiger partial charge in [-0.3, -0.25) is 0 Å². The van der Waals surface area contributed by atoms with Gasteiger partial charge in [0.2, 0.25) is 0 Å². The molecule has 4 aliphatic carbocycles. The van der Waals surface area contributed by atoms with E-state index in [4.69, 9.17) is 28.4 Å². The Hall–Kier alpha value is -0.780. The van der Waals surface area contributed by atoms with Crippen molar-refractivity contribution in [3.63, 3.8) is 0 Å². The highest BCUT2D eigenvalue weighted by Gasteiger charge is 2.81. The molecule has 8 fully saturated rings. The van der Waals surface area contributed by atoms with Gasteiger partial charge in [-0.15, -0.1) is 0 Å². The van der Waals surface area contributed by atoms with Crippen LogP contribution in [0.3, 0.4) is 0 Å². The van der Waals surface area contributed by atoms with Crippen molar-refractivity contribution in [2.75, 3.05) is 13.2 Å². The Balaban J connectivity index is 1.08. The van der Waals surface area contributed by atoms with E-state index in [1.54, 1.807) is 6.92 Å². The molecule has 4 heterocycles. The van der Waals surface area contributed by atoms with E-state index in [0.717, 1.165) is 50.5 Å². The predicted octanol–water partition coefficient (Wildman–Crippen LogP) is 2.53. The summed E-state index contributed by atoms with van der Waals surface area (Å²) in [7, 11) is 0. The molecule has 0 radical (unpaired) electrons. The highest BCUT2D eigenvalue weighted by Crippen LogP contribution is 2.80. The van der Waals surface area contributed by atoms with E-state index in [2.05, 4.69) is 54.5 Å². The van der Waals surface area contributed by atoms with Crippen LogP contribution in [0.2, 0.25) is 0 Å². The number of aliphatic hydroxyl groups is 7. The van der Waals surface area contributed by atoms with Gasteiger partial charge in [-0.05, 0) is 100 Å². The molecule has 2 bridgehead atoms. The Bertz CT molecular complexity index is 1490. The lowest BCUT2D eigenvalue weighted by Gasteiger charge is -2.70. The first-order valence-corrected chi connectivity index (χ1v) is 21.0. The third-order valence-electron chi connectivity index (χ3n) is 17.1. The molecular formula is C42H68O13. The fourth-order valence-corrected chi connectivity index (χ4v) is 14.6. The van der Waals surface area contributed by atoms with Gasteiger partial charge in [-0.25, -0.2) is 0 Å². The molecule has 0 unspecified atom stereocenters. The second kappa shape index (κ2) is 13.6. The second-order valence-electron chi connectivity index (χ2n) is 20.6. The van der Waals surface area contributed by atoms with Gasteiger partial charge in [0.25, 0.3) is 0 Å². The third-order valence-corrected chi connectivity index (χ3v) is 17.1. The molecule has 0 aromatic rings. The van der Waals surface area contributed by atoms with Gasteiger partial charge in [0.05, 0.1) is 37.1 Å². The van der Waals surface area contributed by atoms with E-state index in [1.807, 2.05) is 0 Å². The zero-order chi connectivity index (χ0) is 39.8. The summed E-state index contributed by atoms with van der Waals surface area (Å²) >= 11 is 0. The van der Waals surface area contributed by atoms with Crippen molar-refractivity contribution in [2.24, 2.45) is 45.3 Å². The van der Waals surface area contributed by atoms with E-state index in [9.17, 15) is 35.7 Å². The maximum absolute atomic E-state index is 11.1. The summed E-state index contributed by atoms with van der Waals surface area (Å²) in [5, 5.41) is 73.8. The van der Waals surface area contributed by atoms with Gasteiger partial charge >= 0.3 is 0 Å². The van der Waals surface area contributed by atoms with Crippen LogP contribution in [-0.2, 0) is 28.4 Å². The van der Waals surface area contributed by atoms with Crippen LogP contribution in [0.25, 0.3) is 0 Å². The zero-order valence-electron chi connectivity index (χ0n) is 34.0. The fourth-order valence-electron chi connectivity index (χ4n) is 14.6. The maximum Gasteiger partial charge on any atom is 0.187 e. The SMILES string of the molecule is CC(C)=C[C@H]1C[C@](C)(O[C@@H]2O[C@@H](C)[C@H](O)[C@@H](O)[C@H]2O)[C@@H]2[C@H]3CC[C@@H]4[C@@]5(C)CC[C@H](O[C@@H]6O[C@H](CO)[C@@H](O)[C@H](O)[C@H]6O)C(C)(C)[C@@H]5CC[C@@]4(C)[C@@]34CO[C@@]2(C4)O1. The van der Waals surface area contributed by atoms with Gasteiger partial charge in [-0.1, -0.05) is 39.3 Å². The van der Waals surface area contributed by atoms with Crippen LogP contribution >= 0.6 is 0 Å². The molecule has 55 heavy (non-hydrogen) atoms. The van der Waals surface area contributed by atoms with Gasteiger partial charge in [-0.2, -0.15) is 0 Å². The number of fused-ring (bicyclic) bond motifs is 4. The number of aliphatic hydroxyl groups excluding tert-OH is 7. The predicted molar refractivity (Wildman–Crippen MR) is 197 cm³/mol. The van der Waals surface area contributed by atoms with E-state index < -0.39 is 79.4 Å². The summed E-state index contributed by atoms with van der Waals surface area (Å²) in [6.45, 7) is 17.5. The van der Waals surface area contributed by atoms with Crippen molar-refractivity contribution in [3.05, 3.63) is 11.6 Å². The first-order chi connectivity index (χ1) is 25.7. The molecule has 314 valence electrons. The van der Waals surface area contributed by atoms with Gasteiger partial charge in [0.1, 0.15) is 42.7 Å². The van der Waals surface area contributed by atoms with E-state index >= 15 is 0 Å². The highest BCUT2D eigenvalue weighted by atomic mass is 16.7. The van der Waals surface area contributed by atoms with Crippen molar-refractivity contribution in [1.29, 1.82) is 0 Å². The van der Waals surface area contributed by atoms with Crippen LogP contribution in [0.1, 0.15) is 107 Å². The van der Waals surface area contributed by atoms with Crippen LogP contribution in [0, 0.1) is 45.3 Å². The summed E-state index contributed by atoms with van der Waals surface area (Å²) in [6, 6.07) is 0. The largest absolute Gasteiger partial charge is 0.394 e. The van der Waals surface area contributed by atoms with Gasteiger partial charge in [0.15, 0.2) is 18.4 Å². The van der Waals surface area contributed by atoms with Crippen LogP contribution < -0.4 is 0 Å². The molecule has 4 saturated heterocycles. The number of ether oxygens (including phenoxy) is 6. The summed E-state index contributed by atoms with van der Waals surface area (Å²) in [6.07, 6.45) is -3.89. The van der Waals surface area contributed by atoms with Gasteiger partial charge in [0, 0.05) is 24.2 Å². The first-order valence-electron chi connectivity index (χ1n) is 21.0. The normalized spacial score (nSPS) is 58.2. The van der Waals surface area contributed by atoms with E-state index in [1.165, 1.54) is 0 Å². The molecule has 8 rings (SSSR count). The topological polar surface area (TPSA) is 197 Å². The van der Waals surface area contributed by atoms with Crippen LogP contribution in [0.15, 0.2) is 11.6 Å². The van der Waals surface area contributed by atoms with Crippen molar-refractivity contribution in [1.82, 2.24) is 0 Å². The van der Waals surface area contributed by atoms with Crippen LogP contribution in [0.5, 0.6) is 0 Å². The molecule has 0 aromatic heterocycles. The molecule has 2 spiro atoms. The molecule has 0 aromatic carbocycles. The van der Waals surface area contributed by atoms with Crippen molar-refractivity contribution < 1.29 is 64.2 Å². The lowest BCUT2D eigenvalue weighted by atomic mass is 9.35. The third kappa shape index (κ3) is 5.80. The Labute approximate surface area is 325 Å². The maximum atomic E-state index is 11.1. The second-order valence-corrected chi connectivity index (χ2v) is 20.6. The quantitative estimate of drug-likeness (QED) is 0.154. The number of rotatable bonds is 6. The van der Waals surface area contributed by atoms with Crippen LogP contribution in [0.4, 0.5) is 0 Å². The van der Waals surface area contributed by atoms with Crippen molar-refractivity contribution in [3.8, 4) is 0 Å².